The van der Waals surface area contributed by atoms with Gasteiger partial charge < -0.3 is 14.8 Å². The van der Waals surface area contributed by atoms with Gasteiger partial charge in [-0.25, -0.2) is 17.8 Å². The average Bonchev–Trinajstić information content (AvgIpc) is 2.89. The first-order valence-electron chi connectivity index (χ1n) is 11.2. The first-order valence-corrected chi connectivity index (χ1v) is 12.6. The molecule has 1 aromatic heterocycles. The largest absolute Gasteiger partial charge is 0.497 e. The summed E-state index contributed by atoms with van der Waals surface area (Å²) < 4.78 is 51.1. The lowest BCUT2D eigenvalue weighted by molar-refractivity contribution is -0.126. The van der Waals surface area contributed by atoms with E-state index in [9.17, 15) is 17.6 Å². The van der Waals surface area contributed by atoms with Crippen LogP contribution in [-0.2, 0) is 21.4 Å². The highest BCUT2D eigenvalue weighted by Crippen LogP contribution is 2.25. The Bertz CT molecular complexity index is 1250. The van der Waals surface area contributed by atoms with E-state index in [0.29, 0.717) is 36.8 Å². The number of carbonyl (C=O) groups is 1. The molecule has 1 amide bonds. The van der Waals surface area contributed by atoms with E-state index < -0.39 is 15.9 Å². The Kier molecular flexibility index (Phi) is 7.62. The molecule has 1 unspecified atom stereocenters. The van der Waals surface area contributed by atoms with Crippen LogP contribution in [0.1, 0.15) is 18.4 Å². The summed E-state index contributed by atoms with van der Waals surface area (Å²) in [7, 11) is -2.18. The third-order valence-corrected chi connectivity index (χ3v) is 7.63. The zero-order valence-corrected chi connectivity index (χ0v) is 20.0. The minimum atomic E-state index is -3.70. The second-order valence-electron chi connectivity index (χ2n) is 8.16. The van der Waals surface area contributed by atoms with E-state index in [4.69, 9.17) is 9.47 Å². The van der Waals surface area contributed by atoms with Crippen molar-refractivity contribution < 1.29 is 27.1 Å². The summed E-state index contributed by atoms with van der Waals surface area (Å²) in [5.74, 6) is 0.391. The van der Waals surface area contributed by atoms with E-state index >= 15 is 0 Å². The van der Waals surface area contributed by atoms with Crippen molar-refractivity contribution in [1.29, 1.82) is 0 Å². The molecule has 0 bridgehead atoms. The number of rotatable bonds is 8. The molecule has 3 aromatic rings. The Balaban J connectivity index is 1.31. The van der Waals surface area contributed by atoms with Gasteiger partial charge in [0.15, 0.2) is 0 Å². The van der Waals surface area contributed by atoms with Crippen LogP contribution in [-0.4, -0.2) is 43.8 Å². The maximum absolute atomic E-state index is 13.0. The topological polar surface area (TPSA) is 97.8 Å². The summed E-state index contributed by atoms with van der Waals surface area (Å²) in [6, 6.07) is 15.3. The van der Waals surface area contributed by atoms with Crippen LogP contribution in [0.4, 0.5) is 4.39 Å². The molecular formula is C25H26FN3O5S. The van der Waals surface area contributed by atoms with Crippen molar-refractivity contribution >= 4 is 15.9 Å². The molecular weight excluding hydrogens is 473 g/mol. The summed E-state index contributed by atoms with van der Waals surface area (Å²) in [6.07, 6.45) is 2.80. The number of hydrogen-bond acceptors (Lipinski definition) is 6. The number of aromatic nitrogens is 1. The molecule has 2 aromatic carbocycles. The minimum absolute atomic E-state index is 0.128. The van der Waals surface area contributed by atoms with Gasteiger partial charge in [0, 0.05) is 31.9 Å². The van der Waals surface area contributed by atoms with E-state index in [0.717, 1.165) is 5.56 Å². The van der Waals surface area contributed by atoms with Crippen LogP contribution in [0.15, 0.2) is 71.8 Å². The third-order valence-electron chi connectivity index (χ3n) is 5.75. The Morgan fingerprint density at radius 1 is 1.09 bits per heavy atom. The average molecular weight is 500 g/mol. The Hall–Kier alpha value is -3.50. The van der Waals surface area contributed by atoms with Gasteiger partial charge in [-0.05, 0) is 66.9 Å². The molecule has 0 radical (unpaired) electrons. The molecule has 184 valence electrons. The number of benzene rings is 2. The first-order chi connectivity index (χ1) is 16.8. The van der Waals surface area contributed by atoms with Gasteiger partial charge in [0.05, 0.1) is 17.9 Å². The quantitative estimate of drug-likeness (QED) is 0.507. The molecule has 1 saturated heterocycles. The van der Waals surface area contributed by atoms with Crippen molar-refractivity contribution in [1.82, 2.24) is 14.6 Å². The van der Waals surface area contributed by atoms with Gasteiger partial charge in [0.2, 0.25) is 21.8 Å². The fourth-order valence-electron chi connectivity index (χ4n) is 3.80. The molecule has 10 heteroatoms. The van der Waals surface area contributed by atoms with Crippen molar-refractivity contribution in [2.24, 2.45) is 5.92 Å². The number of ether oxygens (including phenoxy) is 2. The van der Waals surface area contributed by atoms with Crippen molar-refractivity contribution in [3.63, 3.8) is 0 Å². The summed E-state index contributed by atoms with van der Waals surface area (Å²) >= 11 is 0. The normalized spacial score (nSPS) is 16.5. The monoisotopic (exact) mass is 499 g/mol. The van der Waals surface area contributed by atoms with Crippen LogP contribution in [0.2, 0.25) is 0 Å². The van der Waals surface area contributed by atoms with Gasteiger partial charge in [-0.15, -0.1) is 0 Å². The summed E-state index contributed by atoms with van der Waals surface area (Å²) in [5, 5.41) is 2.87. The number of carbonyl (C=O) groups excluding carboxylic acids is 1. The zero-order valence-electron chi connectivity index (χ0n) is 19.2. The van der Waals surface area contributed by atoms with Crippen LogP contribution in [0.5, 0.6) is 17.4 Å². The molecule has 1 N–H and O–H groups in total. The molecule has 1 atom stereocenters. The maximum atomic E-state index is 13.0. The molecule has 0 saturated carbocycles. The number of nitrogens with zero attached hydrogens (tertiary/aromatic N) is 2. The van der Waals surface area contributed by atoms with Gasteiger partial charge in [0.1, 0.15) is 17.3 Å². The molecule has 0 aliphatic carbocycles. The van der Waals surface area contributed by atoms with Crippen LogP contribution in [0.25, 0.3) is 0 Å². The van der Waals surface area contributed by atoms with Crippen LogP contribution < -0.4 is 14.8 Å². The van der Waals surface area contributed by atoms with Gasteiger partial charge in [-0.2, -0.15) is 4.31 Å². The summed E-state index contributed by atoms with van der Waals surface area (Å²) in [4.78, 5) is 17.2. The van der Waals surface area contributed by atoms with Gasteiger partial charge in [-0.3, -0.25) is 4.79 Å². The zero-order chi connectivity index (χ0) is 24.8. The lowest BCUT2D eigenvalue weighted by atomic mass is 9.99. The van der Waals surface area contributed by atoms with E-state index in [1.807, 2.05) is 0 Å². The van der Waals surface area contributed by atoms with Crippen molar-refractivity contribution in [3.05, 3.63) is 78.2 Å². The lowest BCUT2D eigenvalue weighted by Crippen LogP contribution is -2.45. The predicted octanol–water partition coefficient (Wildman–Crippen LogP) is 3.74. The van der Waals surface area contributed by atoms with Gasteiger partial charge in [-0.1, -0.05) is 6.07 Å². The number of methoxy groups -OCH3 is 1. The molecule has 1 fully saturated rings. The maximum Gasteiger partial charge on any atom is 0.243 e. The van der Waals surface area contributed by atoms with E-state index in [1.54, 1.807) is 30.5 Å². The summed E-state index contributed by atoms with van der Waals surface area (Å²) in [5.41, 5.74) is 0.767. The number of amides is 1. The van der Waals surface area contributed by atoms with E-state index in [-0.39, 0.29) is 29.7 Å². The Morgan fingerprint density at radius 2 is 1.80 bits per heavy atom. The molecule has 4 rings (SSSR count). The standard InChI is InChI=1S/C25H26FN3O5S/c1-33-21-9-11-23(12-10-21)35(31,32)29-14-2-3-19(17-29)25(30)28-16-18-4-13-24(27-15-18)34-22-7-5-20(26)6-8-22/h4-13,15,19H,2-3,14,16-17H2,1H3,(H,28,30). The van der Waals surface area contributed by atoms with Crippen LogP contribution in [0, 0.1) is 11.7 Å². The van der Waals surface area contributed by atoms with E-state index in [1.165, 1.54) is 47.8 Å². The van der Waals surface area contributed by atoms with Crippen LogP contribution in [0.3, 0.4) is 0 Å². The van der Waals surface area contributed by atoms with Crippen molar-refractivity contribution in [3.8, 4) is 17.4 Å². The number of hydrogen-bond donors (Lipinski definition) is 1. The molecule has 0 spiro atoms. The SMILES string of the molecule is COc1ccc(S(=O)(=O)N2CCCC(C(=O)NCc3ccc(Oc4ccc(F)cc4)nc3)C2)cc1. The lowest BCUT2D eigenvalue weighted by Gasteiger charge is -2.31. The van der Waals surface area contributed by atoms with Crippen molar-refractivity contribution in [2.45, 2.75) is 24.3 Å². The minimum Gasteiger partial charge on any atom is -0.497 e. The van der Waals surface area contributed by atoms with Gasteiger partial charge in [0.25, 0.3) is 0 Å². The smallest absolute Gasteiger partial charge is 0.243 e. The number of nitrogens with one attached hydrogen (secondary N) is 1. The highest BCUT2D eigenvalue weighted by Gasteiger charge is 2.33. The van der Waals surface area contributed by atoms with E-state index in [2.05, 4.69) is 10.3 Å². The molecule has 1 aliphatic rings. The molecule has 8 nitrogen and oxygen atoms in total. The third kappa shape index (κ3) is 6.14. The second-order valence-corrected chi connectivity index (χ2v) is 10.1. The highest BCUT2D eigenvalue weighted by molar-refractivity contribution is 7.89. The Morgan fingerprint density at radius 3 is 2.46 bits per heavy atom. The number of pyridine rings is 1. The predicted molar refractivity (Wildman–Crippen MR) is 127 cm³/mol. The first kappa shape index (κ1) is 24.6. The number of piperidine rings is 1. The number of halogens is 1. The molecule has 1 aliphatic heterocycles. The summed E-state index contributed by atoms with van der Waals surface area (Å²) in [6.45, 7) is 0.755. The Labute approximate surface area is 203 Å². The second kappa shape index (κ2) is 10.8. The number of sulfonamides is 1. The van der Waals surface area contributed by atoms with Gasteiger partial charge >= 0.3 is 0 Å². The highest BCUT2D eigenvalue weighted by atomic mass is 32.2. The molecule has 2 heterocycles. The fourth-order valence-corrected chi connectivity index (χ4v) is 5.33. The van der Waals surface area contributed by atoms with Crippen molar-refractivity contribution in [2.75, 3.05) is 20.2 Å². The fraction of sp³-hybridized carbons (Fsp3) is 0.280. The van der Waals surface area contributed by atoms with Crippen LogP contribution >= 0.6 is 0 Å². The molecule has 35 heavy (non-hydrogen) atoms.